The highest BCUT2D eigenvalue weighted by atomic mass is 35.5. The minimum absolute atomic E-state index is 0.409. The quantitative estimate of drug-likeness (QED) is 0.659. The van der Waals surface area contributed by atoms with Gasteiger partial charge >= 0.3 is 0 Å². The molecule has 3 nitrogen and oxygen atoms in total. The molecule has 3 aromatic rings. The van der Waals surface area contributed by atoms with E-state index >= 15 is 0 Å². The van der Waals surface area contributed by atoms with Gasteiger partial charge in [-0.2, -0.15) is 5.26 Å². The van der Waals surface area contributed by atoms with Crippen molar-refractivity contribution in [2.75, 3.05) is 0 Å². The Kier molecular flexibility index (Phi) is 2.51. The van der Waals surface area contributed by atoms with E-state index in [-0.39, 0.29) is 0 Å². The standard InChI is InChI=1S/C14H7ClN2O/c15-12-8-17-7-11-10(6-16)13(18-14(11)12)9-4-2-1-3-5-9/h1-5,7-8H. The maximum Gasteiger partial charge on any atom is 0.157 e. The van der Waals surface area contributed by atoms with Crippen LogP contribution in [-0.4, -0.2) is 4.98 Å². The molecular weight excluding hydrogens is 248 g/mol. The van der Waals surface area contributed by atoms with Gasteiger partial charge < -0.3 is 4.42 Å². The Morgan fingerprint density at radius 2 is 1.94 bits per heavy atom. The molecule has 0 amide bonds. The van der Waals surface area contributed by atoms with E-state index in [0.717, 1.165) is 5.56 Å². The summed E-state index contributed by atoms with van der Waals surface area (Å²) < 4.78 is 5.71. The SMILES string of the molecule is N#Cc1c(-c2ccccc2)oc2c(Cl)cncc12. The Hall–Kier alpha value is -2.31. The molecule has 0 aliphatic carbocycles. The van der Waals surface area contributed by atoms with Gasteiger partial charge in [0.25, 0.3) is 0 Å². The number of nitriles is 1. The van der Waals surface area contributed by atoms with Gasteiger partial charge in [0.2, 0.25) is 0 Å². The van der Waals surface area contributed by atoms with Crippen molar-refractivity contribution in [3.05, 3.63) is 53.3 Å². The van der Waals surface area contributed by atoms with Crippen LogP contribution in [0.1, 0.15) is 5.56 Å². The van der Waals surface area contributed by atoms with Crippen LogP contribution in [0.25, 0.3) is 22.3 Å². The van der Waals surface area contributed by atoms with Crippen LogP contribution in [0.3, 0.4) is 0 Å². The Balaban J connectivity index is 2.38. The van der Waals surface area contributed by atoms with Gasteiger partial charge in [0.1, 0.15) is 16.7 Å². The largest absolute Gasteiger partial charge is 0.453 e. The molecule has 2 aromatic heterocycles. The highest BCUT2D eigenvalue weighted by molar-refractivity contribution is 6.34. The van der Waals surface area contributed by atoms with Gasteiger partial charge in [0, 0.05) is 18.0 Å². The predicted octanol–water partition coefficient (Wildman–Crippen LogP) is 4.02. The third kappa shape index (κ3) is 1.55. The van der Waals surface area contributed by atoms with Crippen molar-refractivity contribution in [3.63, 3.8) is 0 Å². The van der Waals surface area contributed by atoms with Crippen LogP contribution in [0, 0.1) is 11.3 Å². The van der Waals surface area contributed by atoms with E-state index in [1.807, 2.05) is 30.3 Å². The van der Waals surface area contributed by atoms with Gasteiger partial charge in [-0.05, 0) is 0 Å². The van der Waals surface area contributed by atoms with Crippen LogP contribution >= 0.6 is 11.6 Å². The number of halogens is 1. The summed E-state index contributed by atoms with van der Waals surface area (Å²) in [5.41, 5.74) is 1.81. The van der Waals surface area contributed by atoms with Crippen LogP contribution in [-0.2, 0) is 0 Å². The zero-order valence-electron chi connectivity index (χ0n) is 9.22. The lowest BCUT2D eigenvalue weighted by Gasteiger charge is -1.95. The minimum atomic E-state index is 0.409. The normalized spacial score (nSPS) is 10.4. The second-order valence-electron chi connectivity index (χ2n) is 3.78. The Morgan fingerprint density at radius 1 is 1.17 bits per heavy atom. The second kappa shape index (κ2) is 4.17. The molecule has 0 bridgehead atoms. The van der Waals surface area contributed by atoms with E-state index in [4.69, 9.17) is 16.0 Å². The number of rotatable bonds is 1. The van der Waals surface area contributed by atoms with Gasteiger partial charge in [-0.3, -0.25) is 4.98 Å². The van der Waals surface area contributed by atoms with Crippen molar-refractivity contribution in [1.82, 2.24) is 4.98 Å². The topological polar surface area (TPSA) is 49.8 Å². The van der Waals surface area contributed by atoms with Crippen LogP contribution in [0.2, 0.25) is 5.02 Å². The third-order valence-electron chi connectivity index (χ3n) is 2.70. The molecule has 0 saturated heterocycles. The summed E-state index contributed by atoms with van der Waals surface area (Å²) in [6.07, 6.45) is 3.10. The highest BCUT2D eigenvalue weighted by Crippen LogP contribution is 2.35. The molecule has 0 saturated carbocycles. The number of fused-ring (bicyclic) bond motifs is 1. The molecule has 2 heterocycles. The zero-order chi connectivity index (χ0) is 12.5. The maximum atomic E-state index is 9.28. The number of aromatic nitrogens is 1. The first-order valence-electron chi connectivity index (χ1n) is 5.33. The number of benzene rings is 1. The van der Waals surface area contributed by atoms with E-state index in [1.54, 1.807) is 6.20 Å². The minimum Gasteiger partial charge on any atom is -0.453 e. The number of hydrogen-bond acceptors (Lipinski definition) is 3. The third-order valence-corrected chi connectivity index (χ3v) is 2.97. The molecule has 0 atom stereocenters. The summed E-state index contributed by atoms with van der Waals surface area (Å²) >= 11 is 6.02. The van der Waals surface area contributed by atoms with E-state index in [1.165, 1.54) is 6.20 Å². The fraction of sp³-hybridized carbons (Fsp3) is 0. The molecular formula is C14H7ClN2O. The van der Waals surface area contributed by atoms with Crippen molar-refractivity contribution < 1.29 is 4.42 Å². The van der Waals surface area contributed by atoms with E-state index in [2.05, 4.69) is 11.1 Å². The molecule has 1 aromatic carbocycles. The maximum absolute atomic E-state index is 9.28. The molecule has 18 heavy (non-hydrogen) atoms. The molecule has 0 unspecified atom stereocenters. The van der Waals surface area contributed by atoms with Crippen molar-refractivity contribution in [2.24, 2.45) is 0 Å². The molecule has 0 aliphatic heterocycles. The summed E-state index contributed by atoms with van der Waals surface area (Å²) in [5, 5.41) is 10.3. The summed E-state index contributed by atoms with van der Waals surface area (Å²) in [7, 11) is 0. The fourth-order valence-corrected chi connectivity index (χ4v) is 2.08. The molecule has 0 radical (unpaired) electrons. The average molecular weight is 255 g/mol. The van der Waals surface area contributed by atoms with Crippen molar-refractivity contribution >= 4 is 22.6 Å². The first kappa shape index (κ1) is 10.8. The Bertz CT molecular complexity index is 757. The summed E-state index contributed by atoms with van der Waals surface area (Å²) in [6.45, 7) is 0. The van der Waals surface area contributed by atoms with Crippen LogP contribution in [0.4, 0.5) is 0 Å². The van der Waals surface area contributed by atoms with E-state index in [0.29, 0.717) is 27.3 Å². The molecule has 4 heteroatoms. The molecule has 0 spiro atoms. The van der Waals surface area contributed by atoms with Crippen molar-refractivity contribution in [3.8, 4) is 17.4 Å². The number of furan rings is 1. The van der Waals surface area contributed by atoms with Gasteiger partial charge in [-0.25, -0.2) is 0 Å². The smallest absolute Gasteiger partial charge is 0.157 e. The first-order valence-corrected chi connectivity index (χ1v) is 5.70. The Labute approximate surface area is 108 Å². The van der Waals surface area contributed by atoms with Gasteiger partial charge in [-0.1, -0.05) is 41.9 Å². The van der Waals surface area contributed by atoms with Gasteiger partial charge in [0.15, 0.2) is 11.3 Å². The summed E-state index contributed by atoms with van der Waals surface area (Å²) in [6, 6.07) is 11.6. The van der Waals surface area contributed by atoms with Gasteiger partial charge in [-0.15, -0.1) is 0 Å². The number of hydrogen-bond donors (Lipinski definition) is 0. The van der Waals surface area contributed by atoms with Crippen LogP contribution < -0.4 is 0 Å². The highest BCUT2D eigenvalue weighted by Gasteiger charge is 2.17. The Morgan fingerprint density at radius 3 is 2.67 bits per heavy atom. The van der Waals surface area contributed by atoms with Crippen molar-refractivity contribution in [1.29, 1.82) is 5.26 Å². The molecule has 3 rings (SSSR count). The zero-order valence-corrected chi connectivity index (χ0v) is 9.98. The number of pyridine rings is 1. The van der Waals surface area contributed by atoms with E-state index in [9.17, 15) is 5.26 Å². The predicted molar refractivity (Wildman–Crippen MR) is 69.2 cm³/mol. The first-order chi connectivity index (χ1) is 8.81. The summed E-state index contributed by atoms with van der Waals surface area (Å²) in [4.78, 5) is 3.98. The molecule has 0 N–H and O–H groups in total. The second-order valence-corrected chi connectivity index (χ2v) is 4.19. The summed E-state index contributed by atoms with van der Waals surface area (Å²) in [5.74, 6) is 0.531. The molecule has 0 aliphatic rings. The van der Waals surface area contributed by atoms with Crippen LogP contribution in [0.15, 0.2) is 47.1 Å². The lowest BCUT2D eigenvalue weighted by Crippen LogP contribution is -1.78. The lowest BCUT2D eigenvalue weighted by molar-refractivity contribution is 0.630. The average Bonchev–Trinajstić information content (AvgIpc) is 2.80. The molecule has 86 valence electrons. The van der Waals surface area contributed by atoms with Crippen molar-refractivity contribution in [2.45, 2.75) is 0 Å². The number of nitrogens with zero attached hydrogens (tertiary/aromatic N) is 2. The van der Waals surface area contributed by atoms with Gasteiger partial charge in [0.05, 0.1) is 5.39 Å². The van der Waals surface area contributed by atoms with Crippen LogP contribution in [0.5, 0.6) is 0 Å². The molecule has 0 fully saturated rings. The fourth-order valence-electron chi connectivity index (χ4n) is 1.88. The lowest BCUT2D eigenvalue weighted by atomic mass is 10.1. The van der Waals surface area contributed by atoms with E-state index < -0.39 is 0 Å². The monoisotopic (exact) mass is 254 g/mol.